The third kappa shape index (κ3) is 1.14. The van der Waals surface area contributed by atoms with Crippen molar-refractivity contribution in [3.05, 3.63) is 29.7 Å². The summed E-state index contributed by atoms with van der Waals surface area (Å²) in [5.74, 6) is 0.841. The van der Waals surface area contributed by atoms with Crippen molar-refractivity contribution in [3.8, 4) is 0 Å². The molecule has 0 saturated heterocycles. The third-order valence-electron chi connectivity index (χ3n) is 1.88. The van der Waals surface area contributed by atoms with E-state index in [-0.39, 0.29) is 5.84 Å². The summed E-state index contributed by atoms with van der Waals surface area (Å²) in [7, 11) is 0. The molecule has 5 heteroatoms. The second kappa shape index (κ2) is 2.55. The van der Waals surface area contributed by atoms with E-state index in [0.717, 1.165) is 11.5 Å². The van der Waals surface area contributed by atoms with Gasteiger partial charge in [-0.2, -0.15) is 0 Å². The van der Waals surface area contributed by atoms with Crippen LogP contribution in [-0.4, -0.2) is 20.4 Å². The summed E-state index contributed by atoms with van der Waals surface area (Å²) in [5.41, 5.74) is 6.80. The minimum atomic E-state index is 0.0509. The SMILES string of the molecule is Cc1nnc2ccc(C(=N)N)cn12. The molecule has 2 aromatic heterocycles. The molecule has 0 aliphatic rings. The Hall–Kier alpha value is -1.91. The molecule has 0 saturated carbocycles. The number of aromatic nitrogens is 3. The highest BCUT2D eigenvalue weighted by Gasteiger charge is 2.02. The van der Waals surface area contributed by atoms with E-state index >= 15 is 0 Å². The molecule has 0 aliphatic carbocycles. The predicted molar refractivity (Wildman–Crippen MR) is 48.7 cm³/mol. The molecule has 2 aromatic rings. The molecule has 0 fully saturated rings. The lowest BCUT2D eigenvalue weighted by molar-refractivity contribution is 1.00. The van der Waals surface area contributed by atoms with Crippen LogP contribution in [0.1, 0.15) is 11.4 Å². The van der Waals surface area contributed by atoms with Crippen molar-refractivity contribution in [2.45, 2.75) is 6.92 Å². The lowest BCUT2D eigenvalue weighted by Crippen LogP contribution is -2.11. The van der Waals surface area contributed by atoms with Crippen molar-refractivity contribution >= 4 is 11.5 Å². The smallest absolute Gasteiger partial charge is 0.160 e. The van der Waals surface area contributed by atoms with Crippen LogP contribution in [0.25, 0.3) is 5.65 Å². The van der Waals surface area contributed by atoms with Gasteiger partial charge >= 0.3 is 0 Å². The lowest BCUT2D eigenvalue weighted by Gasteiger charge is -1.99. The summed E-state index contributed by atoms with van der Waals surface area (Å²) in [5, 5.41) is 15.1. The van der Waals surface area contributed by atoms with Crippen molar-refractivity contribution in [1.29, 1.82) is 5.41 Å². The Kier molecular flexibility index (Phi) is 1.51. The molecule has 0 bridgehead atoms. The lowest BCUT2D eigenvalue weighted by atomic mass is 10.2. The first-order valence-corrected chi connectivity index (χ1v) is 3.84. The highest BCUT2D eigenvalue weighted by Crippen LogP contribution is 2.05. The van der Waals surface area contributed by atoms with Crippen molar-refractivity contribution in [3.63, 3.8) is 0 Å². The molecule has 0 aromatic carbocycles. The molecule has 0 amide bonds. The van der Waals surface area contributed by atoms with Gasteiger partial charge in [0, 0.05) is 11.8 Å². The van der Waals surface area contributed by atoms with Gasteiger partial charge in [-0.15, -0.1) is 10.2 Å². The summed E-state index contributed by atoms with van der Waals surface area (Å²) in [6.07, 6.45) is 1.76. The minimum Gasteiger partial charge on any atom is -0.384 e. The van der Waals surface area contributed by atoms with Crippen LogP contribution in [0, 0.1) is 12.3 Å². The van der Waals surface area contributed by atoms with Crippen LogP contribution in [0.2, 0.25) is 0 Å². The summed E-state index contributed by atoms with van der Waals surface area (Å²) in [6, 6.07) is 3.54. The van der Waals surface area contributed by atoms with E-state index in [4.69, 9.17) is 11.1 Å². The average molecular weight is 175 g/mol. The number of hydrogen-bond acceptors (Lipinski definition) is 3. The Morgan fingerprint density at radius 3 is 2.92 bits per heavy atom. The molecule has 5 nitrogen and oxygen atoms in total. The first-order chi connectivity index (χ1) is 6.18. The molecule has 3 N–H and O–H groups in total. The quantitative estimate of drug-likeness (QED) is 0.484. The van der Waals surface area contributed by atoms with Crippen LogP contribution in [0.3, 0.4) is 0 Å². The van der Waals surface area contributed by atoms with Gasteiger partial charge in [-0.1, -0.05) is 0 Å². The highest BCUT2D eigenvalue weighted by atomic mass is 15.2. The van der Waals surface area contributed by atoms with Crippen LogP contribution in [0.5, 0.6) is 0 Å². The standard InChI is InChI=1S/C8H9N5/c1-5-11-12-7-3-2-6(8(9)10)4-13(5)7/h2-4H,1H3,(H3,9,10). The van der Waals surface area contributed by atoms with Crippen LogP contribution in [0.4, 0.5) is 0 Å². The number of fused-ring (bicyclic) bond motifs is 1. The van der Waals surface area contributed by atoms with Crippen molar-refractivity contribution in [1.82, 2.24) is 14.6 Å². The van der Waals surface area contributed by atoms with Crippen molar-refractivity contribution in [2.75, 3.05) is 0 Å². The maximum atomic E-state index is 7.26. The second-order valence-corrected chi connectivity index (χ2v) is 2.81. The van der Waals surface area contributed by atoms with Crippen LogP contribution < -0.4 is 5.73 Å². The summed E-state index contributed by atoms with van der Waals surface area (Å²) in [4.78, 5) is 0. The number of nitrogen functional groups attached to an aromatic ring is 1. The number of amidine groups is 1. The van der Waals surface area contributed by atoms with E-state index < -0.39 is 0 Å². The molecular formula is C8H9N5. The maximum Gasteiger partial charge on any atom is 0.160 e. The van der Waals surface area contributed by atoms with Gasteiger partial charge in [0.2, 0.25) is 0 Å². The molecule has 13 heavy (non-hydrogen) atoms. The normalized spacial score (nSPS) is 10.5. The van der Waals surface area contributed by atoms with Crippen molar-refractivity contribution < 1.29 is 0 Å². The molecule has 0 spiro atoms. The first-order valence-electron chi connectivity index (χ1n) is 3.84. The zero-order valence-electron chi connectivity index (χ0n) is 7.15. The highest BCUT2D eigenvalue weighted by molar-refractivity contribution is 5.94. The fraction of sp³-hybridized carbons (Fsp3) is 0.125. The van der Waals surface area contributed by atoms with E-state index in [1.54, 1.807) is 22.7 Å². The number of nitrogens with one attached hydrogen (secondary N) is 1. The van der Waals surface area contributed by atoms with Gasteiger partial charge in [0.1, 0.15) is 11.7 Å². The number of hydrogen-bond donors (Lipinski definition) is 2. The summed E-state index contributed by atoms with van der Waals surface area (Å²) < 4.78 is 1.80. The number of nitrogens with zero attached hydrogens (tertiary/aromatic N) is 3. The number of pyridine rings is 1. The fourth-order valence-electron chi connectivity index (χ4n) is 1.16. The Morgan fingerprint density at radius 1 is 1.46 bits per heavy atom. The molecular weight excluding hydrogens is 166 g/mol. The molecule has 0 atom stereocenters. The Morgan fingerprint density at radius 2 is 2.23 bits per heavy atom. The zero-order chi connectivity index (χ0) is 9.42. The van der Waals surface area contributed by atoms with Crippen LogP contribution >= 0.6 is 0 Å². The Balaban J connectivity index is 2.72. The Bertz CT molecular complexity index is 470. The number of aryl methyl sites for hydroxylation is 1. The monoisotopic (exact) mass is 175 g/mol. The molecule has 2 heterocycles. The van der Waals surface area contributed by atoms with Crippen LogP contribution in [-0.2, 0) is 0 Å². The molecule has 2 rings (SSSR count). The number of nitrogens with two attached hydrogens (primary N) is 1. The molecule has 0 radical (unpaired) electrons. The predicted octanol–water partition coefficient (Wildman–Crippen LogP) is 0.322. The summed E-state index contributed by atoms with van der Waals surface area (Å²) >= 11 is 0. The van der Waals surface area contributed by atoms with E-state index in [1.807, 2.05) is 6.92 Å². The van der Waals surface area contributed by atoms with Gasteiger partial charge in [0.25, 0.3) is 0 Å². The molecule has 66 valence electrons. The Labute approximate surface area is 74.7 Å². The third-order valence-corrected chi connectivity index (χ3v) is 1.88. The van der Waals surface area contributed by atoms with Gasteiger partial charge in [0.15, 0.2) is 5.65 Å². The average Bonchev–Trinajstić information content (AvgIpc) is 2.47. The van der Waals surface area contributed by atoms with Gasteiger partial charge in [0.05, 0.1) is 0 Å². The maximum absolute atomic E-state index is 7.26. The summed E-state index contributed by atoms with van der Waals surface area (Å²) in [6.45, 7) is 1.85. The van der Waals surface area contributed by atoms with Gasteiger partial charge in [-0.05, 0) is 19.1 Å². The van der Waals surface area contributed by atoms with E-state index in [9.17, 15) is 0 Å². The zero-order valence-corrected chi connectivity index (χ0v) is 7.15. The van der Waals surface area contributed by atoms with Gasteiger partial charge < -0.3 is 5.73 Å². The number of rotatable bonds is 1. The van der Waals surface area contributed by atoms with Gasteiger partial charge in [-0.25, -0.2) is 0 Å². The van der Waals surface area contributed by atoms with E-state index in [2.05, 4.69) is 10.2 Å². The second-order valence-electron chi connectivity index (χ2n) is 2.81. The minimum absolute atomic E-state index is 0.0509. The first kappa shape index (κ1) is 7.72. The van der Waals surface area contributed by atoms with Gasteiger partial charge in [-0.3, -0.25) is 9.81 Å². The van der Waals surface area contributed by atoms with E-state index in [0.29, 0.717) is 5.56 Å². The molecule has 0 unspecified atom stereocenters. The largest absolute Gasteiger partial charge is 0.384 e. The van der Waals surface area contributed by atoms with Crippen LogP contribution in [0.15, 0.2) is 18.3 Å². The molecule has 0 aliphatic heterocycles. The van der Waals surface area contributed by atoms with Crippen molar-refractivity contribution in [2.24, 2.45) is 5.73 Å². The fourth-order valence-corrected chi connectivity index (χ4v) is 1.16. The van der Waals surface area contributed by atoms with E-state index in [1.165, 1.54) is 0 Å². The topological polar surface area (TPSA) is 80.1 Å².